The molecule has 2 aromatic carbocycles. The Bertz CT molecular complexity index is 1010. The van der Waals surface area contributed by atoms with Crippen molar-refractivity contribution in [1.29, 1.82) is 0 Å². The molecule has 0 spiro atoms. The second kappa shape index (κ2) is 12.0. The molecule has 0 unspecified atom stereocenters. The summed E-state index contributed by atoms with van der Waals surface area (Å²) >= 11 is 0. The Hall–Kier alpha value is -3.21. The minimum absolute atomic E-state index is 0.245. The lowest BCUT2D eigenvalue weighted by atomic mass is 10.0. The van der Waals surface area contributed by atoms with Gasteiger partial charge in [-0.3, -0.25) is 14.4 Å². The molecule has 0 radical (unpaired) electrons. The lowest BCUT2D eigenvalue weighted by Crippen LogP contribution is -2.16. The Morgan fingerprint density at radius 3 is 1.69 bits per heavy atom. The number of carbonyl (C=O) groups excluding carboxylic acids is 2. The number of carbonyl (C=O) groups is 3. The molecule has 32 heavy (non-hydrogen) atoms. The van der Waals surface area contributed by atoms with Crippen LogP contribution in [0.5, 0.6) is 0 Å². The maximum absolute atomic E-state index is 13.1. The van der Waals surface area contributed by atoms with Crippen LogP contribution in [0.4, 0.5) is 26.3 Å². The number of benzene rings is 2. The SMILES string of the molecule is CC(=O)CC(=O)Cc1cc(F)c(F)cc1F.O=C(O)C[C@@H](O)Cc1cc(F)c(F)cc1F. The lowest BCUT2D eigenvalue weighted by Gasteiger charge is -2.09. The van der Waals surface area contributed by atoms with E-state index >= 15 is 0 Å². The Morgan fingerprint density at radius 1 is 0.781 bits per heavy atom. The van der Waals surface area contributed by atoms with Crippen molar-refractivity contribution in [3.05, 3.63) is 70.3 Å². The number of ketones is 2. The number of carboxylic acid groups (broad SMARTS) is 1. The maximum Gasteiger partial charge on any atom is 0.305 e. The van der Waals surface area contributed by atoms with Crippen LogP contribution < -0.4 is 0 Å². The topological polar surface area (TPSA) is 91.7 Å². The van der Waals surface area contributed by atoms with Crippen molar-refractivity contribution in [3.8, 4) is 0 Å². The van der Waals surface area contributed by atoms with Crippen molar-refractivity contribution in [2.45, 2.75) is 38.7 Å². The number of aliphatic hydroxyl groups excluding tert-OH is 1. The summed E-state index contributed by atoms with van der Waals surface area (Å²) in [5.74, 6) is -9.22. The van der Waals surface area contributed by atoms with Gasteiger partial charge in [-0.2, -0.15) is 0 Å². The molecule has 0 saturated carbocycles. The minimum Gasteiger partial charge on any atom is -0.481 e. The molecule has 0 aliphatic heterocycles. The number of hydrogen-bond acceptors (Lipinski definition) is 4. The average molecular weight is 464 g/mol. The number of aliphatic hydroxyl groups is 1. The smallest absolute Gasteiger partial charge is 0.305 e. The number of halogens is 6. The van der Waals surface area contributed by atoms with Crippen molar-refractivity contribution in [1.82, 2.24) is 0 Å². The molecule has 2 N–H and O–H groups in total. The summed E-state index contributed by atoms with van der Waals surface area (Å²) in [5, 5.41) is 17.5. The summed E-state index contributed by atoms with van der Waals surface area (Å²) in [6.07, 6.45) is -3.05. The van der Waals surface area contributed by atoms with Crippen LogP contribution >= 0.6 is 0 Å². The van der Waals surface area contributed by atoms with Crippen LogP contribution in [0.15, 0.2) is 24.3 Å². The van der Waals surface area contributed by atoms with E-state index in [1.807, 2.05) is 0 Å². The third kappa shape index (κ3) is 8.88. The standard InChI is InChI=1S/C11H9F3O2.C10H9F3O3/c1-6(15)2-8(16)3-7-4-10(13)11(14)5-9(7)12;11-7-4-9(13)8(12)2-5(7)1-6(14)3-10(15)16/h4-5H,2-3H2,1H3;2,4,6,14H,1,3H2,(H,15,16)/t;6-/m.0/s1. The van der Waals surface area contributed by atoms with E-state index in [0.717, 1.165) is 0 Å². The largest absolute Gasteiger partial charge is 0.481 e. The zero-order chi connectivity index (χ0) is 24.6. The fourth-order valence-electron chi connectivity index (χ4n) is 2.50. The Kier molecular flexibility index (Phi) is 10.0. The van der Waals surface area contributed by atoms with Crippen molar-refractivity contribution in [2.75, 3.05) is 0 Å². The molecular weight excluding hydrogens is 446 g/mol. The second-order valence-electron chi connectivity index (χ2n) is 6.77. The fourth-order valence-corrected chi connectivity index (χ4v) is 2.50. The molecule has 0 saturated heterocycles. The highest BCUT2D eigenvalue weighted by Crippen LogP contribution is 2.16. The first-order valence-electron chi connectivity index (χ1n) is 8.98. The van der Waals surface area contributed by atoms with E-state index < -0.39 is 65.6 Å². The van der Waals surface area contributed by atoms with Gasteiger partial charge < -0.3 is 10.2 Å². The first kappa shape index (κ1) is 26.8. The Balaban J connectivity index is 0.000000320. The predicted octanol–water partition coefficient (Wildman–Crippen LogP) is 3.68. The van der Waals surface area contributed by atoms with Crippen molar-refractivity contribution < 1.29 is 50.9 Å². The van der Waals surface area contributed by atoms with Gasteiger partial charge in [0.05, 0.1) is 18.9 Å². The van der Waals surface area contributed by atoms with Crippen LogP contribution in [0, 0.1) is 34.9 Å². The maximum atomic E-state index is 13.1. The number of hydrogen-bond donors (Lipinski definition) is 2. The van der Waals surface area contributed by atoms with Crippen molar-refractivity contribution in [3.63, 3.8) is 0 Å². The molecule has 2 rings (SSSR count). The highest BCUT2D eigenvalue weighted by atomic mass is 19.2. The van der Waals surface area contributed by atoms with Crippen LogP contribution in [0.2, 0.25) is 0 Å². The molecule has 0 aliphatic carbocycles. The van der Waals surface area contributed by atoms with Gasteiger partial charge in [0.25, 0.3) is 0 Å². The van der Waals surface area contributed by atoms with Crippen LogP contribution in [0.25, 0.3) is 0 Å². The van der Waals surface area contributed by atoms with Crippen LogP contribution in [-0.2, 0) is 27.2 Å². The van der Waals surface area contributed by atoms with E-state index in [1.165, 1.54) is 6.92 Å². The number of aliphatic carboxylic acids is 1. The summed E-state index contributed by atoms with van der Waals surface area (Å²) in [4.78, 5) is 32.0. The first-order valence-corrected chi connectivity index (χ1v) is 8.98. The summed E-state index contributed by atoms with van der Waals surface area (Å²) in [7, 11) is 0. The second-order valence-corrected chi connectivity index (χ2v) is 6.77. The number of Topliss-reactive ketones (excluding diaryl/α,β-unsaturated/α-hetero) is 2. The van der Waals surface area contributed by atoms with Crippen LogP contribution in [0.1, 0.15) is 30.9 Å². The molecule has 0 aliphatic rings. The van der Waals surface area contributed by atoms with E-state index in [-0.39, 0.29) is 29.8 Å². The van der Waals surface area contributed by atoms with Gasteiger partial charge >= 0.3 is 5.97 Å². The van der Waals surface area contributed by atoms with Gasteiger partial charge in [-0.15, -0.1) is 0 Å². The Morgan fingerprint density at radius 2 is 1.22 bits per heavy atom. The zero-order valence-electron chi connectivity index (χ0n) is 16.6. The number of carboxylic acids is 1. The summed E-state index contributed by atoms with van der Waals surface area (Å²) < 4.78 is 76.7. The molecule has 0 aromatic heterocycles. The van der Waals surface area contributed by atoms with Crippen molar-refractivity contribution >= 4 is 17.5 Å². The molecule has 1 atom stereocenters. The van der Waals surface area contributed by atoms with Gasteiger partial charge in [0.2, 0.25) is 0 Å². The van der Waals surface area contributed by atoms with E-state index in [2.05, 4.69) is 0 Å². The van der Waals surface area contributed by atoms with Crippen LogP contribution in [0.3, 0.4) is 0 Å². The van der Waals surface area contributed by atoms with E-state index in [4.69, 9.17) is 5.11 Å². The van der Waals surface area contributed by atoms with E-state index in [0.29, 0.717) is 24.3 Å². The molecule has 11 heteroatoms. The highest BCUT2D eigenvalue weighted by molar-refractivity contribution is 5.98. The highest BCUT2D eigenvalue weighted by Gasteiger charge is 2.16. The fraction of sp³-hybridized carbons (Fsp3) is 0.286. The van der Waals surface area contributed by atoms with Gasteiger partial charge in [0.1, 0.15) is 23.2 Å². The molecule has 0 amide bonds. The third-order valence-corrected chi connectivity index (χ3v) is 3.88. The molecule has 5 nitrogen and oxygen atoms in total. The van der Waals surface area contributed by atoms with E-state index in [1.54, 1.807) is 0 Å². The lowest BCUT2D eigenvalue weighted by molar-refractivity contribution is -0.139. The monoisotopic (exact) mass is 464 g/mol. The predicted molar refractivity (Wildman–Crippen MR) is 98.6 cm³/mol. The van der Waals surface area contributed by atoms with Gasteiger partial charge in [0.15, 0.2) is 23.3 Å². The molecular formula is C21H18F6O5. The molecule has 0 fully saturated rings. The summed E-state index contributed by atoms with van der Waals surface area (Å²) in [5.41, 5.74) is -0.502. The van der Waals surface area contributed by atoms with Gasteiger partial charge in [0, 0.05) is 25.0 Å². The minimum atomic E-state index is -1.34. The normalized spacial score (nSPS) is 11.4. The molecule has 2 aromatic rings. The molecule has 174 valence electrons. The average Bonchev–Trinajstić information content (AvgIpc) is 2.63. The van der Waals surface area contributed by atoms with Gasteiger partial charge in [-0.25, -0.2) is 26.3 Å². The molecule has 0 heterocycles. The first-order chi connectivity index (χ1) is 14.8. The summed E-state index contributed by atoms with van der Waals surface area (Å²) in [6, 6.07) is 1.97. The third-order valence-electron chi connectivity index (χ3n) is 3.88. The summed E-state index contributed by atoms with van der Waals surface area (Å²) in [6.45, 7) is 1.22. The van der Waals surface area contributed by atoms with Gasteiger partial charge in [-0.05, 0) is 30.2 Å². The molecule has 0 bridgehead atoms. The quantitative estimate of drug-likeness (QED) is 0.353. The van der Waals surface area contributed by atoms with Gasteiger partial charge in [-0.1, -0.05) is 0 Å². The number of rotatable bonds is 8. The van der Waals surface area contributed by atoms with Crippen LogP contribution in [-0.4, -0.2) is 33.9 Å². The van der Waals surface area contributed by atoms with Crippen molar-refractivity contribution in [2.24, 2.45) is 0 Å². The Labute approximate surface area is 178 Å². The zero-order valence-corrected chi connectivity index (χ0v) is 16.6. The van der Waals surface area contributed by atoms with E-state index in [9.17, 15) is 45.8 Å².